The zero-order valence-electron chi connectivity index (χ0n) is 16.4. The maximum absolute atomic E-state index is 9.58. The van der Waals surface area contributed by atoms with E-state index in [-0.39, 0.29) is 6.61 Å². The van der Waals surface area contributed by atoms with E-state index in [4.69, 9.17) is 5.10 Å². The minimum Gasteiger partial charge on any atom is -0.396 e. The van der Waals surface area contributed by atoms with Gasteiger partial charge in [0.15, 0.2) is 0 Å². The van der Waals surface area contributed by atoms with Crippen LogP contribution < -0.4 is 0 Å². The van der Waals surface area contributed by atoms with Crippen molar-refractivity contribution in [1.82, 2.24) is 19.6 Å². The summed E-state index contributed by atoms with van der Waals surface area (Å²) in [6.45, 7) is 5.15. The summed E-state index contributed by atoms with van der Waals surface area (Å²) in [4.78, 5) is 5.03. The minimum absolute atomic E-state index is 0.237. The van der Waals surface area contributed by atoms with Gasteiger partial charge in [-0.2, -0.15) is 16.4 Å². The molecule has 1 aromatic carbocycles. The summed E-state index contributed by atoms with van der Waals surface area (Å²) in [5.74, 6) is 0. The first kappa shape index (κ1) is 19.3. The van der Waals surface area contributed by atoms with Gasteiger partial charge in [0.1, 0.15) is 0 Å². The molecule has 0 spiro atoms. The van der Waals surface area contributed by atoms with E-state index in [2.05, 4.69) is 57.1 Å². The van der Waals surface area contributed by atoms with Crippen molar-refractivity contribution in [2.24, 2.45) is 7.05 Å². The first-order valence-electron chi connectivity index (χ1n) is 9.89. The van der Waals surface area contributed by atoms with E-state index in [1.807, 2.05) is 17.8 Å². The Morgan fingerprint density at radius 3 is 2.75 bits per heavy atom. The molecule has 0 unspecified atom stereocenters. The molecule has 1 fully saturated rings. The molecule has 2 aromatic heterocycles. The van der Waals surface area contributed by atoms with Crippen molar-refractivity contribution in [3.05, 3.63) is 64.5 Å². The summed E-state index contributed by atoms with van der Waals surface area (Å²) < 4.78 is 1.91. The standard InChI is InChI=1S/C22H28N4OS/c1-24-14-20(22(23-24)19-5-3-2-4-6-19)15-25-9-10-26(21(16-25)7-11-27)13-18-8-12-28-17-18/h2-6,8,12,14,17,21,27H,7,9-11,13,15-16H2,1H3/t21-/m1/s1. The topological polar surface area (TPSA) is 44.5 Å². The molecule has 6 heteroatoms. The molecule has 0 saturated carbocycles. The highest BCUT2D eigenvalue weighted by molar-refractivity contribution is 7.07. The number of aliphatic hydroxyl groups is 1. The van der Waals surface area contributed by atoms with Crippen LogP contribution >= 0.6 is 11.3 Å². The van der Waals surface area contributed by atoms with Gasteiger partial charge < -0.3 is 5.11 Å². The van der Waals surface area contributed by atoms with Crippen LogP contribution in [0, 0.1) is 0 Å². The van der Waals surface area contributed by atoms with E-state index in [0.29, 0.717) is 6.04 Å². The Hall–Kier alpha value is -1.99. The molecule has 3 aromatic rings. The molecule has 1 saturated heterocycles. The van der Waals surface area contributed by atoms with Gasteiger partial charge in [-0.1, -0.05) is 30.3 Å². The number of hydrogen-bond donors (Lipinski definition) is 1. The highest BCUT2D eigenvalue weighted by atomic mass is 32.1. The Balaban J connectivity index is 1.46. The molecular weight excluding hydrogens is 368 g/mol. The number of aryl methyl sites for hydroxylation is 1. The average Bonchev–Trinajstić information content (AvgIpc) is 3.34. The molecule has 0 aliphatic carbocycles. The van der Waals surface area contributed by atoms with Gasteiger partial charge in [0.25, 0.3) is 0 Å². The molecule has 4 rings (SSSR count). The maximum Gasteiger partial charge on any atom is 0.0968 e. The third kappa shape index (κ3) is 4.52. The lowest BCUT2D eigenvalue weighted by molar-refractivity contribution is 0.0501. The highest BCUT2D eigenvalue weighted by Gasteiger charge is 2.27. The van der Waals surface area contributed by atoms with Gasteiger partial charge in [-0.25, -0.2) is 0 Å². The quantitative estimate of drug-likeness (QED) is 0.666. The molecule has 28 heavy (non-hydrogen) atoms. The Morgan fingerprint density at radius 2 is 2.00 bits per heavy atom. The van der Waals surface area contributed by atoms with Crippen molar-refractivity contribution < 1.29 is 5.11 Å². The van der Waals surface area contributed by atoms with E-state index in [9.17, 15) is 5.11 Å². The van der Waals surface area contributed by atoms with Crippen molar-refractivity contribution in [2.45, 2.75) is 25.6 Å². The lowest BCUT2D eigenvalue weighted by Gasteiger charge is -2.41. The molecule has 1 aliphatic heterocycles. The highest BCUT2D eigenvalue weighted by Crippen LogP contribution is 2.25. The zero-order chi connectivity index (χ0) is 19.3. The van der Waals surface area contributed by atoms with Crippen LogP contribution in [0.25, 0.3) is 11.3 Å². The first-order valence-corrected chi connectivity index (χ1v) is 10.8. The SMILES string of the molecule is Cn1cc(CN2CCN(Cc3ccsc3)[C@H](CCO)C2)c(-c2ccccc2)n1. The summed E-state index contributed by atoms with van der Waals surface area (Å²) in [6, 6.07) is 13.0. The number of benzene rings is 1. The average molecular weight is 397 g/mol. The van der Waals surface area contributed by atoms with Gasteiger partial charge >= 0.3 is 0 Å². The number of hydrogen-bond acceptors (Lipinski definition) is 5. The lowest BCUT2D eigenvalue weighted by Crippen LogP contribution is -2.52. The van der Waals surface area contributed by atoms with Crippen molar-refractivity contribution >= 4 is 11.3 Å². The Kier molecular flexibility index (Phi) is 6.22. The number of aromatic nitrogens is 2. The fourth-order valence-corrected chi connectivity index (χ4v) is 4.74. The van der Waals surface area contributed by atoms with E-state index in [1.54, 1.807) is 11.3 Å². The summed E-state index contributed by atoms with van der Waals surface area (Å²) in [7, 11) is 1.99. The van der Waals surface area contributed by atoms with Gasteiger partial charge in [0.05, 0.1) is 5.69 Å². The van der Waals surface area contributed by atoms with Crippen LogP contribution in [0.3, 0.4) is 0 Å². The summed E-state index contributed by atoms with van der Waals surface area (Å²) in [5.41, 5.74) is 4.88. The van der Waals surface area contributed by atoms with Gasteiger partial charge in [-0.05, 0) is 28.8 Å². The lowest BCUT2D eigenvalue weighted by atomic mass is 10.0. The Bertz CT molecular complexity index is 862. The summed E-state index contributed by atoms with van der Waals surface area (Å²) in [5, 5.41) is 18.7. The monoisotopic (exact) mass is 396 g/mol. The molecule has 0 amide bonds. The predicted octanol–water partition coefficient (Wildman–Crippen LogP) is 3.22. The molecule has 3 heterocycles. The second-order valence-corrected chi connectivity index (χ2v) is 8.33. The maximum atomic E-state index is 9.58. The molecule has 0 radical (unpaired) electrons. The fourth-order valence-electron chi connectivity index (χ4n) is 4.08. The fraction of sp³-hybridized carbons (Fsp3) is 0.409. The van der Waals surface area contributed by atoms with Crippen molar-refractivity contribution in [3.8, 4) is 11.3 Å². The van der Waals surface area contributed by atoms with Crippen LogP contribution in [0.4, 0.5) is 0 Å². The zero-order valence-corrected chi connectivity index (χ0v) is 17.2. The Labute approximate surface area is 170 Å². The molecule has 1 aliphatic rings. The summed E-state index contributed by atoms with van der Waals surface area (Å²) >= 11 is 1.75. The van der Waals surface area contributed by atoms with Gasteiger partial charge in [0.2, 0.25) is 0 Å². The number of rotatable bonds is 7. The molecule has 0 bridgehead atoms. The minimum atomic E-state index is 0.237. The van der Waals surface area contributed by atoms with Crippen LogP contribution in [0.1, 0.15) is 17.5 Å². The number of nitrogens with zero attached hydrogens (tertiary/aromatic N) is 4. The third-order valence-electron chi connectivity index (χ3n) is 5.46. The second kappa shape index (κ2) is 9.01. The Morgan fingerprint density at radius 1 is 1.14 bits per heavy atom. The van der Waals surface area contributed by atoms with E-state index >= 15 is 0 Å². The van der Waals surface area contributed by atoms with Gasteiger partial charge in [-0.15, -0.1) is 0 Å². The molecular formula is C22H28N4OS. The van der Waals surface area contributed by atoms with Crippen LogP contribution in [0.5, 0.6) is 0 Å². The second-order valence-electron chi connectivity index (χ2n) is 7.55. The number of thiophene rings is 1. The van der Waals surface area contributed by atoms with Crippen molar-refractivity contribution in [1.29, 1.82) is 0 Å². The third-order valence-corrected chi connectivity index (χ3v) is 6.19. The van der Waals surface area contributed by atoms with Crippen LogP contribution in [0.15, 0.2) is 53.4 Å². The molecule has 5 nitrogen and oxygen atoms in total. The molecule has 1 N–H and O–H groups in total. The van der Waals surface area contributed by atoms with Crippen molar-refractivity contribution in [3.63, 3.8) is 0 Å². The van der Waals surface area contributed by atoms with E-state index in [0.717, 1.165) is 44.8 Å². The van der Waals surface area contributed by atoms with Crippen molar-refractivity contribution in [2.75, 3.05) is 26.2 Å². The number of aliphatic hydroxyl groups excluding tert-OH is 1. The first-order chi connectivity index (χ1) is 13.7. The largest absolute Gasteiger partial charge is 0.396 e. The van der Waals surface area contributed by atoms with Crippen LogP contribution in [0.2, 0.25) is 0 Å². The number of piperazine rings is 1. The van der Waals surface area contributed by atoms with Gasteiger partial charge in [-0.3, -0.25) is 14.5 Å². The molecule has 148 valence electrons. The van der Waals surface area contributed by atoms with E-state index < -0.39 is 0 Å². The smallest absolute Gasteiger partial charge is 0.0968 e. The van der Waals surface area contributed by atoms with Crippen LogP contribution in [-0.2, 0) is 20.1 Å². The predicted molar refractivity (Wildman–Crippen MR) is 114 cm³/mol. The molecule has 1 atom stereocenters. The summed E-state index contributed by atoms with van der Waals surface area (Å²) in [6.07, 6.45) is 2.96. The normalized spacial score (nSPS) is 18.6. The van der Waals surface area contributed by atoms with Crippen LogP contribution in [-0.4, -0.2) is 57.0 Å². The van der Waals surface area contributed by atoms with E-state index in [1.165, 1.54) is 16.7 Å². The van der Waals surface area contributed by atoms with Gasteiger partial charge in [0, 0.05) is 69.7 Å².